The highest BCUT2D eigenvalue weighted by Gasteiger charge is 2.45. The van der Waals surface area contributed by atoms with E-state index in [1.807, 2.05) is 0 Å². The van der Waals surface area contributed by atoms with Crippen LogP contribution in [0.5, 0.6) is 0 Å². The van der Waals surface area contributed by atoms with Crippen LogP contribution in [0.15, 0.2) is 24.3 Å². The number of ether oxygens (including phenoxy) is 1. The smallest absolute Gasteiger partial charge is 0.168 e. The second kappa shape index (κ2) is 7.99. The molecule has 3 saturated heterocycles. The van der Waals surface area contributed by atoms with Crippen molar-refractivity contribution in [3.05, 3.63) is 41.7 Å². The number of nitrogens with zero attached hydrogens (tertiary/aromatic N) is 3. The first-order valence-electron chi connectivity index (χ1n) is 11.6. The third-order valence-corrected chi connectivity index (χ3v) is 7.84. The lowest BCUT2D eigenvalue weighted by molar-refractivity contribution is 0.0854. The summed E-state index contributed by atoms with van der Waals surface area (Å²) in [5.41, 5.74) is -0.118. The van der Waals surface area contributed by atoms with Gasteiger partial charge in [-0.1, -0.05) is 0 Å². The van der Waals surface area contributed by atoms with Crippen molar-refractivity contribution in [3.8, 4) is 11.3 Å². The minimum Gasteiger partial charge on any atom is -0.375 e. The van der Waals surface area contributed by atoms with Crippen LogP contribution in [-0.2, 0) is 4.74 Å². The standard InChI is InChI=1S/C24H27F3N4O/c25-16-8-19(24(27)20(26)9-16)21-2-4-23(30-29-21)28-17-5-13-10-31(11-14(13)6-17)12-15-7-18-1-3-22(15)32-18/h2,4,8-9,13-15,17-18,22H,1,3,5-7,10-12H2,(H,28,30)/t13-,14+,15-,17-,18?,22?/m1/s1. The van der Waals surface area contributed by atoms with E-state index < -0.39 is 17.5 Å². The van der Waals surface area contributed by atoms with Crippen LogP contribution in [0.3, 0.4) is 0 Å². The van der Waals surface area contributed by atoms with Gasteiger partial charge in [0, 0.05) is 43.2 Å². The Morgan fingerprint density at radius 3 is 2.47 bits per heavy atom. The summed E-state index contributed by atoms with van der Waals surface area (Å²) < 4.78 is 47.0. The summed E-state index contributed by atoms with van der Waals surface area (Å²) in [5.74, 6) is -0.483. The topological polar surface area (TPSA) is 50.3 Å². The highest BCUT2D eigenvalue weighted by molar-refractivity contribution is 5.60. The molecule has 5 nitrogen and oxygen atoms in total. The van der Waals surface area contributed by atoms with E-state index in [4.69, 9.17) is 4.74 Å². The molecule has 1 N–H and O–H groups in total. The van der Waals surface area contributed by atoms with Crippen molar-refractivity contribution in [1.29, 1.82) is 0 Å². The third kappa shape index (κ3) is 3.77. The van der Waals surface area contributed by atoms with Crippen LogP contribution in [0.1, 0.15) is 32.1 Å². The number of likely N-dealkylation sites (tertiary alicyclic amines) is 1. The van der Waals surface area contributed by atoms with Crippen molar-refractivity contribution < 1.29 is 17.9 Å². The maximum atomic E-state index is 14.0. The first kappa shape index (κ1) is 20.4. The average Bonchev–Trinajstić information content (AvgIpc) is 3.53. The monoisotopic (exact) mass is 444 g/mol. The Bertz CT molecular complexity index is 989. The van der Waals surface area contributed by atoms with Gasteiger partial charge in [0.2, 0.25) is 0 Å². The van der Waals surface area contributed by atoms with Crippen LogP contribution in [0, 0.1) is 35.2 Å². The lowest BCUT2D eigenvalue weighted by atomic mass is 9.89. The number of fused-ring (bicyclic) bond motifs is 3. The van der Waals surface area contributed by atoms with E-state index in [0.29, 0.717) is 47.9 Å². The molecule has 2 unspecified atom stereocenters. The van der Waals surface area contributed by atoms with Gasteiger partial charge in [-0.3, -0.25) is 0 Å². The summed E-state index contributed by atoms with van der Waals surface area (Å²) in [6.07, 6.45) is 6.93. The zero-order valence-electron chi connectivity index (χ0n) is 17.8. The van der Waals surface area contributed by atoms with Crippen LogP contribution >= 0.6 is 0 Å². The normalized spacial score (nSPS) is 33.7. The summed E-state index contributed by atoms with van der Waals surface area (Å²) in [6, 6.07) is 5.02. The Morgan fingerprint density at radius 1 is 1.00 bits per heavy atom. The number of benzene rings is 1. The van der Waals surface area contributed by atoms with Crippen LogP contribution in [0.25, 0.3) is 11.3 Å². The van der Waals surface area contributed by atoms with Gasteiger partial charge in [-0.2, -0.15) is 0 Å². The number of hydrogen-bond donors (Lipinski definition) is 1. The molecule has 0 spiro atoms. The molecule has 4 fully saturated rings. The predicted molar refractivity (Wildman–Crippen MR) is 113 cm³/mol. The molecule has 3 aliphatic heterocycles. The van der Waals surface area contributed by atoms with Crippen molar-refractivity contribution in [2.75, 3.05) is 25.0 Å². The fourth-order valence-corrected chi connectivity index (χ4v) is 6.44. The molecule has 6 atom stereocenters. The van der Waals surface area contributed by atoms with Gasteiger partial charge in [-0.25, -0.2) is 13.2 Å². The summed E-state index contributed by atoms with van der Waals surface area (Å²) in [4.78, 5) is 2.64. The molecule has 2 aromatic rings. The van der Waals surface area contributed by atoms with E-state index in [1.54, 1.807) is 12.1 Å². The Kier molecular flexibility index (Phi) is 5.10. The lowest BCUT2D eigenvalue weighted by Crippen LogP contribution is -2.33. The number of hydrogen-bond acceptors (Lipinski definition) is 5. The second-order valence-corrected chi connectivity index (χ2v) is 9.97. The molecular formula is C24H27F3N4O. The fourth-order valence-electron chi connectivity index (χ4n) is 6.44. The van der Waals surface area contributed by atoms with Gasteiger partial charge in [-0.15, -0.1) is 10.2 Å². The molecule has 1 aromatic heterocycles. The quantitative estimate of drug-likeness (QED) is 0.699. The Balaban J connectivity index is 1.04. The number of rotatable bonds is 5. The summed E-state index contributed by atoms with van der Waals surface area (Å²) >= 11 is 0. The summed E-state index contributed by atoms with van der Waals surface area (Å²) in [7, 11) is 0. The molecule has 1 saturated carbocycles. The van der Waals surface area contributed by atoms with Crippen molar-refractivity contribution in [1.82, 2.24) is 15.1 Å². The number of nitrogens with one attached hydrogen (secondary N) is 1. The maximum absolute atomic E-state index is 14.0. The fraction of sp³-hybridized carbons (Fsp3) is 0.583. The SMILES string of the molecule is Fc1cc(F)c(F)c(-c2ccc(N[C@@H]3C[C@@H]4CN(C[C@H]5CC6CCC5O6)C[C@@H]4C3)nn2)c1. The number of halogens is 3. The summed E-state index contributed by atoms with van der Waals surface area (Å²) in [5, 5.41) is 11.6. The van der Waals surface area contributed by atoms with Gasteiger partial charge in [-0.05, 0) is 62.1 Å². The van der Waals surface area contributed by atoms with Crippen LogP contribution in [0.4, 0.5) is 19.0 Å². The summed E-state index contributed by atoms with van der Waals surface area (Å²) in [6.45, 7) is 3.49. The molecule has 4 heterocycles. The second-order valence-electron chi connectivity index (χ2n) is 9.97. The molecule has 6 rings (SSSR count). The average molecular weight is 445 g/mol. The molecule has 0 amide bonds. The van der Waals surface area contributed by atoms with Gasteiger partial charge in [0.25, 0.3) is 0 Å². The number of anilines is 1. The number of aromatic nitrogens is 2. The van der Waals surface area contributed by atoms with E-state index >= 15 is 0 Å². The van der Waals surface area contributed by atoms with Gasteiger partial charge < -0.3 is 15.0 Å². The highest BCUT2D eigenvalue weighted by Crippen LogP contribution is 2.43. The first-order valence-corrected chi connectivity index (χ1v) is 11.6. The van der Waals surface area contributed by atoms with E-state index in [0.717, 1.165) is 32.0 Å². The molecule has 8 heteroatoms. The van der Waals surface area contributed by atoms with E-state index in [2.05, 4.69) is 20.4 Å². The Labute approximate surface area is 185 Å². The molecule has 1 aromatic carbocycles. The first-order chi connectivity index (χ1) is 15.5. The minimum atomic E-state index is -1.23. The Morgan fingerprint density at radius 2 is 1.81 bits per heavy atom. The molecule has 32 heavy (non-hydrogen) atoms. The van der Waals surface area contributed by atoms with Gasteiger partial charge in [0.1, 0.15) is 11.6 Å². The van der Waals surface area contributed by atoms with Crippen molar-refractivity contribution in [2.24, 2.45) is 17.8 Å². The predicted octanol–water partition coefficient (Wildman–Crippen LogP) is 4.25. The van der Waals surface area contributed by atoms with Crippen LogP contribution in [0.2, 0.25) is 0 Å². The zero-order chi connectivity index (χ0) is 21.8. The molecule has 2 bridgehead atoms. The highest BCUT2D eigenvalue weighted by atomic mass is 19.2. The van der Waals surface area contributed by atoms with Crippen molar-refractivity contribution in [2.45, 2.75) is 50.4 Å². The van der Waals surface area contributed by atoms with Crippen LogP contribution in [-0.4, -0.2) is 53.0 Å². The van der Waals surface area contributed by atoms with E-state index in [9.17, 15) is 13.2 Å². The van der Waals surface area contributed by atoms with Gasteiger partial charge in [0.05, 0.1) is 17.9 Å². The van der Waals surface area contributed by atoms with Crippen molar-refractivity contribution >= 4 is 5.82 Å². The molecule has 170 valence electrons. The Hall–Kier alpha value is -2.19. The van der Waals surface area contributed by atoms with E-state index in [-0.39, 0.29) is 11.3 Å². The molecular weight excluding hydrogens is 417 g/mol. The maximum Gasteiger partial charge on any atom is 0.168 e. The largest absolute Gasteiger partial charge is 0.375 e. The van der Waals surface area contributed by atoms with E-state index in [1.165, 1.54) is 25.8 Å². The molecule has 0 radical (unpaired) electrons. The minimum absolute atomic E-state index is 0.106. The molecule has 4 aliphatic rings. The van der Waals surface area contributed by atoms with Crippen LogP contribution < -0.4 is 5.32 Å². The van der Waals surface area contributed by atoms with Crippen molar-refractivity contribution in [3.63, 3.8) is 0 Å². The zero-order valence-corrected chi connectivity index (χ0v) is 17.8. The van der Waals surface area contributed by atoms with Gasteiger partial charge in [0.15, 0.2) is 11.6 Å². The third-order valence-electron chi connectivity index (χ3n) is 7.84. The molecule has 1 aliphatic carbocycles. The van der Waals surface area contributed by atoms with Gasteiger partial charge >= 0.3 is 0 Å². The lowest BCUT2D eigenvalue weighted by Gasteiger charge is -2.26.